The van der Waals surface area contributed by atoms with Crippen LogP contribution in [0.15, 0.2) is 65.6 Å². The molecule has 0 radical (unpaired) electrons. The monoisotopic (exact) mass is 409 g/mol. The third-order valence-electron chi connectivity index (χ3n) is 4.81. The molecule has 5 nitrogen and oxygen atoms in total. The number of Topliss-reactive ketones (excluding diaryl/α,β-unsaturated/α-hetero) is 1. The van der Waals surface area contributed by atoms with Gasteiger partial charge in [-0.25, -0.2) is 4.79 Å². The number of rotatable bonds is 7. The van der Waals surface area contributed by atoms with Gasteiger partial charge >= 0.3 is 5.97 Å². The molecule has 0 N–H and O–H groups in total. The first-order valence-electron chi connectivity index (χ1n) is 9.22. The third-order valence-corrected chi connectivity index (χ3v) is 5.78. The van der Waals surface area contributed by atoms with E-state index in [0.717, 1.165) is 17.0 Å². The Balaban J connectivity index is 1.73. The summed E-state index contributed by atoms with van der Waals surface area (Å²) < 4.78 is 19.1. The van der Waals surface area contributed by atoms with Crippen LogP contribution in [0.2, 0.25) is 0 Å². The Labute approximate surface area is 172 Å². The van der Waals surface area contributed by atoms with Gasteiger partial charge in [0.1, 0.15) is 0 Å². The van der Waals surface area contributed by atoms with Crippen molar-refractivity contribution in [3.63, 3.8) is 0 Å². The topological polar surface area (TPSA) is 65.4 Å². The third kappa shape index (κ3) is 4.71. The first-order chi connectivity index (χ1) is 13.9. The zero-order valence-corrected chi connectivity index (χ0v) is 17.5. The molecule has 0 spiro atoms. The molecule has 6 heteroatoms. The van der Waals surface area contributed by atoms with Gasteiger partial charge in [0.15, 0.2) is 6.61 Å². The summed E-state index contributed by atoms with van der Waals surface area (Å²) in [6.07, 6.45) is 1.50. The lowest BCUT2D eigenvalue weighted by Crippen LogP contribution is -2.16. The lowest BCUT2D eigenvalue weighted by atomic mass is 10.1. The molecule has 2 aromatic carbocycles. The van der Waals surface area contributed by atoms with Gasteiger partial charge in [-0.2, -0.15) is 0 Å². The highest BCUT2D eigenvalue weighted by Gasteiger charge is 2.20. The van der Waals surface area contributed by atoms with Crippen LogP contribution in [0.5, 0.6) is 0 Å². The summed E-state index contributed by atoms with van der Waals surface area (Å²) in [5.74, 6) is -0.914. The molecular weight excluding hydrogens is 386 g/mol. The Bertz CT molecular complexity index is 1070. The molecule has 0 bridgehead atoms. The summed E-state index contributed by atoms with van der Waals surface area (Å²) in [6.45, 7) is 4.15. The molecule has 1 aromatic heterocycles. The highest BCUT2D eigenvalue weighted by Crippen LogP contribution is 2.19. The van der Waals surface area contributed by atoms with E-state index in [1.54, 1.807) is 24.3 Å². The molecule has 0 unspecified atom stereocenters. The van der Waals surface area contributed by atoms with Crippen molar-refractivity contribution < 1.29 is 18.5 Å². The molecule has 3 rings (SSSR count). The smallest absolute Gasteiger partial charge is 0.339 e. The van der Waals surface area contributed by atoms with Gasteiger partial charge in [0, 0.05) is 29.8 Å². The molecule has 29 heavy (non-hydrogen) atoms. The second-order valence-corrected chi connectivity index (χ2v) is 8.15. The normalized spacial score (nSPS) is 11.8. The molecule has 1 atom stereocenters. The Morgan fingerprint density at radius 2 is 1.62 bits per heavy atom. The van der Waals surface area contributed by atoms with Crippen molar-refractivity contribution in [3.8, 4) is 0 Å². The maximum atomic E-state index is 12.7. The van der Waals surface area contributed by atoms with Gasteiger partial charge in [-0.1, -0.05) is 42.5 Å². The number of carbonyl (C=O) groups is 2. The minimum Gasteiger partial charge on any atom is -0.454 e. The van der Waals surface area contributed by atoms with E-state index in [0.29, 0.717) is 17.0 Å². The number of aromatic nitrogens is 1. The minimum absolute atomic E-state index is 0.218. The van der Waals surface area contributed by atoms with E-state index in [9.17, 15) is 13.8 Å². The number of benzene rings is 2. The van der Waals surface area contributed by atoms with Crippen LogP contribution >= 0.6 is 0 Å². The average Bonchev–Trinajstić information content (AvgIpc) is 3.00. The summed E-state index contributed by atoms with van der Waals surface area (Å²) in [7, 11) is -1.32. The molecule has 0 saturated heterocycles. The second kappa shape index (κ2) is 9.01. The van der Waals surface area contributed by atoms with Crippen LogP contribution in [0.4, 0.5) is 0 Å². The summed E-state index contributed by atoms with van der Waals surface area (Å²) in [6, 6.07) is 18.4. The zero-order chi connectivity index (χ0) is 21.0. The van der Waals surface area contributed by atoms with Gasteiger partial charge in [0.25, 0.3) is 0 Å². The predicted octanol–water partition coefficient (Wildman–Crippen LogP) is 3.93. The van der Waals surface area contributed by atoms with Crippen LogP contribution in [-0.2, 0) is 22.1 Å². The molecular formula is C23H23NO4S. The number of hydrogen-bond acceptors (Lipinski definition) is 4. The van der Waals surface area contributed by atoms with Crippen LogP contribution in [0.3, 0.4) is 0 Å². The van der Waals surface area contributed by atoms with E-state index < -0.39 is 16.8 Å². The maximum Gasteiger partial charge on any atom is 0.339 e. The fraction of sp³-hybridized carbons (Fsp3) is 0.217. The number of carbonyl (C=O) groups excluding carboxylic acids is 2. The van der Waals surface area contributed by atoms with Crippen LogP contribution in [0.1, 0.15) is 37.7 Å². The first kappa shape index (κ1) is 20.7. The molecule has 0 saturated carbocycles. The van der Waals surface area contributed by atoms with Crippen LogP contribution in [0, 0.1) is 13.8 Å². The van der Waals surface area contributed by atoms with E-state index in [1.807, 2.05) is 50.2 Å². The minimum atomic E-state index is -1.32. The van der Waals surface area contributed by atoms with E-state index in [-0.39, 0.29) is 18.0 Å². The molecule has 3 aromatic rings. The number of hydrogen-bond donors (Lipinski definition) is 0. The van der Waals surface area contributed by atoms with Crippen molar-refractivity contribution in [1.82, 2.24) is 4.57 Å². The van der Waals surface area contributed by atoms with Crippen molar-refractivity contribution in [2.45, 2.75) is 25.3 Å². The van der Waals surface area contributed by atoms with Gasteiger partial charge < -0.3 is 9.30 Å². The van der Waals surface area contributed by atoms with E-state index in [2.05, 4.69) is 4.57 Å². The SMILES string of the molecule is Cc1cc(C(=O)COC(=O)c2ccccc2[S@@](C)=O)c(C)n1Cc1ccccc1. The molecule has 150 valence electrons. The molecule has 0 aliphatic rings. The Morgan fingerprint density at radius 3 is 2.31 bits per heavy atom. The molecule has 1 heterocycles. The van der Waals surface area contributed by atoms with E-state index in [4.69, 9.17) is 4.74 Å². The predicted molar refractivity (Wildman–Crippen MR) is 113 cm³/mol. The number of nitrogens with zero attached hydrogens (tertiary/aromatic N) is 1. The summed E-state index contributed by atoms with van der Waals surface area (Å²) in [5, 5.41) is 0. The van der Waals surface area contributed by atoms with Crippen molar-refractivity contribution in [1.29, 1.82) is 0 Å². The Hall–Kier alpha value is -2.99. The number of esters is 1. The summed E-state index contributed by atoms with van der Waals surface area (Å²) in [4.78, 5) is 25.5. The Morgan fingerprint density at radius 1 is 0.966 bits per heavy atom. The molecule has 0 aliphatic heterocycles. The fourth-order valence-corrected chi connectivity index (χ4v) is 4.00. The van der Waals surface area contributed by atoms with Crippen molar-refractivity contribution in [2.75, 3.05) is 12.9 Å². The van der Waals surface area contributed by atoms with E-state index >= 15 is 0 Å². The van der Waals surface area contributed by atoms with Gasteiger partial charge in [0.05, 0.1) is 21.3 Å². The largest absolute Gasteiger partial charge is 0.454 e. The lowest BCUT2D eigenvalue weighted by molar-refractivity contribution is 0.0471. The highest BCUT2D eigenvalue weighted by atomic mass is 32.2. The molecule has 0 amide bonds. The van der Waals surface area contributed by atoms with Gasteiger partial charge in [-0.05, 0) is 37.6 Å². The number of aryl methyl sites for hydroxylation is 1. The molecule has 0 aliphatic carbocycles. The van der Waals surface area contributed by atoms with Crippen molar-refractivity contribution in [3.05, 3.63) is 88.7 Å². The van der Waals surface area contributed by atoms with Gasteiger partial charge in [-0.3, -0.25) is 9.00 Å². The Kier molecular flexibility index (Phi) is 6.44. The zero-order valence-electron chi connectivity index (χ0n) is 16.7. The summed E-state index contributed by atoms with van der Waals surface area (Å²) >= 11 is 0. The second-order valence-electron chi connectivity index (χ2n) is 6.81. The lowest BCUT2D eigenvalue weighted by Gasteiger charge is -2.10. The van der Waals surface area contributed by atoms with Gasteiger partial charge in [-0.15, -0.1) is 0 Å². The standard InChI is InChI=1S/C23H23NO4S/c1-16-13-20(17(2)24(16)14-18-9-5-4-6-10-18)21(25)15-28-23(26)19-11-7-8-12-22(19)29(3)27/h4-13H,14-15H2,1-3H3/t29-/m1/s1. The van der Waals surface area contributed by atoms with Gasteiger partial charge in [0.2, 0.25) is 5.78 Å². The van der Waals surface area contributed by atoms with Crippen LogP contribution < -0.4 is 0 Å². The summed E-state index contributed by atoms with van der Waals surface area (Å²) in [5.41, 5.74) is 3.70. The first-order valence-corrected chi connectivity index (χ1v) is 10.8. The maximum absolute atomic E-state index is 12.7. The average molecular weight is 410 g/mol. The molecule has 0 fully saturated rings. The number of ether oxygens (including phenoxy) is 1. The van der Waals surface area contributed by atoms with Crippen molar-refractivity contribution >= 4 is 22.6 Å². The van der Waals surface area contributed by atoms with Crippen LogP contribution in [0.25, 0.3) is 0 Å². The number of ketones is 1. The van der Waals surface area contributed by atoms with Crippen LogP contribution in [-0.4, -0.2) is 33.4 Å². The van der Waals surface area contributed by atoms with E-state index in [1.165, 1.54) is 6.26 Å². The highest BCUT2D eigenvalue weighted by molar-refractivity contribution is 7.84. The fourth-order valence-electron chi connectivity index (χ4n) is 3.27. The quantitative estimate of drug-likeness (QED) is 0.438. The van der Waals surface area contributed by atoms with Crippen molar-refractivity contribution in [2.24, 2.45) is 0 Å².